The zero-order valence-corrected chi connectivity index (χ0v) is 14.0. The molecule has 0 atom stereocenters. The van der Waals surface area contributed by atoms with Crippen molar-refractivity contribution >= 4 is 16.7 Å². The van der Waals surface area contributed by atoms with E-state index < -0.39 is 0 Å². The molecule has 5 heteroatoms. The highest BCUT2D eigenvalue weighted by Crippen LogP contribution is 2.35. The van der Waals surface area contributed by atoms with Crippen LogP contribution < -0.4 is 10.6 Å². The summed E-state index contributed by atoms with van der Waals surface area (Å²) in [5, 5.41) is 1.28. The minimum atomic E-state index is 0.341. The molecule has 1 fully saturated rings. The molecule has 4 rings (SSSR count). The molecule has 2 N–H and O–H groups in total. The molecule has 24 heavy (non-hydrogen) atoms. The zero-order valence-electron chi connectivity index (χ0n) is 14.0. The van der Waals surface area contributed by atoms with E-state index in [9.17, 15) is 0 Å². The van der Waals surface area contributed by atoms with Gasteiger partial charge in [0.25, 0.3) is 0 Å². The first-order valence-corrected chi connectivity index (χ1v) is 8.53. The van der Waals surface area contributed by atoms with Crippen LogP contribution in [0.15, 0.2) is 48.9 Å². The summed E-state index contributed by atoms with van der Waals surface area (Å²) in [7, 11) is 2.09. The molecule has 0 unspecified atom stereocenters. The summed E-state index contributed by atoms with van der Waals surface area (Å²) < 4.78 is 2.29. The third kappa shape index (κ3) is 2.87. The lowest BCUT2D eigenvalue weighted by molar-refractivity contribution is 0.345. The number of benzene rings is 1. The maximum atomic E-state index is 5.89. The largest absolute Gasteiger partial charge is 0.358 e. The van der Waals surface area contributed by atoms with Crippen molar-refractivity contribution in [3.63, 3.8) is 0 Å². The normalized spacial score (nSPS) is 20.1. The van der Waals surface area contributed by atoms with Crippen LogP contribution in [0.5, 0.6) is 0 Å². The summed E-state index contributed by atoms with van der Waals surface area (Å²) in [6.07, 6.45) is 5.90. The van der Waals surface area contributed by atoms with Crippen molar-refractivity contribution in [3.05, 3.63) is 54.6 Å². The Morgan fingerprint density at radius 3 is 2.88 bits per heavy atom. The van der Waals surface area contributed by atoms with E-state index in [1.807, 2.05) is 0 Å². The average molecular weight is 321 g/mol. The molecule has 124 valence electrons. The number of aromatic nitrogens is 3. The molecule has 0 radical (unpaired) electrons. The van der Waals surface area contributed by atoms with Gasteiger partial charge in [-0.15, -0.1) is 0 Å². The average Bonchev–Trinajstić information content (AvgIpc) is 3.00. The molecule has 1 aliphatic carbocycles. The van der Waals surface area contributed by atoms with Crippen LogP contribution in [0.1, 0.15) is 24.5 Å². The van der Waals surface area contributed by atoms with Gasteiger partial charge in [-0.1, -0.05) is 18.2 Å². The van der Waals surface area contributed by atoms with Gasteiger partial charge in [-0.3, -0.25) is 0 Å². The van der Waals surface area contributed by atoms with Gasteiger partial charge in [-0.25, -0.2) is 9.97 Å². The summed E-state index contributed by atoms with van der Waals surface area (Å²) in [6.45, 7) is 1.83. The number of likely N-dealkylation sites (N-methyl/N-ethyl adjacent to an activating group) is 1. The Kier molecular flexibility index (Phi) is 3.94. The van der Waals surface area contributed by atoms with Gasteiger partial charge < -0.3 is 15.2 Å². The molecule has 0 saturated heterocycles. The predicted octanol–water partition coefficient (Wildman–Crippen LogP) is 2.77. The van der Waals surface area contributed by atoms with Gasteiger partial charge in [0.2, 0.25) is 0 Å². The third-order valence-electron chi connectivity index (χ3n) is 5.01. The lowest BCUT2D eigenvalue weighted by Gasteiger charge is -2.32. The monoisotopic (exact) mass is 321 g/mol. The second-order valence-corrected chi connectivity index (χ2v) is 6.72. The number of fused-ring (bicyclic) bond motifs is 1. The van der Waals surface area contributed by atoms with Crippen LogP contribution in [-0.2, 0) is 6.54 Å². The molecule has 0 spiro atoms. The van der Waals surface area contributed by atoms with Crippen LogP contribution in [0.3, 0.4) is 0 Å². The fourth-order valence-electron chi connectivity index (χ4n) is 3.40. The molecule has 0 aliphatic heterocycles. The molecule has 1 saturated carbocycles. The molecule has 5 nitrogen and oxygen atoms in total. The highest BCUT2D eigenvalue weighted by atomic mass is 15.2. The Bertz CT molecular complexity index is 834. The molecule has 3 aromatic rings. The summed E-state index contributed by atoms with van der Waals surface area (Å²) in [5.74, 6) is 1.49. The summed E-state index contributed by atoms with van der Waals surface area (Å²) >= 11 is 0. The fraction of sp³-hybridized carbons (Fsp3) is 0.368. The highest BCUT2D eigenvalue weighted by molar-refractivity contribution is 5.79. The fourth-order valence-corrected chi connectivity index (χ4v) is 3.40. The number of nitrogens with zero attached hydrogens (tertiary/aromatic N) is 4. The second kappa shape index (κ2) is 6.24. The van der Waals surface area contributed by atoms with Crippen molar-refractivity contribution in [3.8, 4) is 0 Å². The first-order chi connectivity index (χ1) is 11.7. The summed E-state index contributed by atoms with van der Waals surface area (Å²) in [6, 6.07) is 13.1. The van der Waals surface area contributed by atoms with Gasteiger partial charge in [0, 0.05) is 55.6 Å². The second-order valence-electron chi connectivity index (χ2n) is 6.72. The van der Waals surface area contributed by atoms with E-state index in [1.165, 1.54) is 10.9 Å². The van der Waals surface area contributed by atoms with Gasteiger partial charge in [-0.2, -0.15) is 0 Å². The SMILES string of the molecule is CN(CCn1ccc2ccccc21)c1cc(C2CC(N)C2)ncn1. The number of hydrogen-bond donors (Lipinski definition) is 1. The molecule has 0 amide bonds. The van der Waals surface area contributed by atoms with Crippen LogP contribution in [0, 0.1) is 0 Å². The number of anilines is 1. The maximum Gasteiger partial charge on any atom is 0.131 e. The summed E-state index contributed by atoms with van der Waals surface area (Å²) in [4.78, 5) is 11.1. The van der Waals surface area contributed by atoms with Crippen molar-refractivity contribution in [2.45, 2.75) is 31.3 Å². The van der Waals surface area contributed by atoms with Gasteiger partial charge in [0.05, 0.1) is 0 Å². The van der Waals surface area contributed by atoms with E-state index in [2.05, 4.69) is 69.1 Å². The molecular weight excluding hydrogens is 298 g/mol. The topological polar surface area (TPSA) is 60.0 Å². The number of hydrogen-bond acceptors (Lipinski definition) is 4. The van der Waals surface area contributed by atoms with Crippen molar-refractivity contribution < 1.29 is 0 Å². The smallest absolute Gasteiger partial charge is 0.131 e. The summed E-state index contributed by atoms with van der Waals surface area (Å²) in [5.41, 5.74) is 8.30. The van der Waals surface area contributed by atoms with Crippen LogP contribution >= 0.6 is 0 Å². The van der Waals surface area contributed by atoms with Crippen LogP contribution in [0.25, 0.3) is 10.9 Å². The molecule has 2 heterocycles. The molecule has 2 aromatic heterocycles. The van der Waals surface area contributed by atoms with E-state index in [0.717, 1.165) is 37.4 Å². The number of rotatable bonds is 5. The van der Waals surface area contributed by atoms with Crippen LogP contribution in [-0.4, -0.2) is 34.2 Å². The van der Waals surface area contributed by atoms with Gasteiger partial charge in [0.1, 0.15) is 12.1 Å². The van der Waals surface area contributed by atoms with Crippen molar-refractivity contribution in [2.24, 2.45) is 5.73 Å². The Hall–Kier alpha value is -2.40. The zero-order chi connectivity index (χ0) is 16.5. The van der Waals surface area contributed by atoms with Crippen LogP contribution in [0.4, 0.5) is 5.82 Å². The van der Waals surface area contributed by atoms with E-state index in [-0.39, 0.29) is 0 Å². The first-order valence-electron chi connectivity index (χ1n) is 8.53. The maximum absolute atomic E-state index is 5.89. The minimum absolute atomic E-state index is 0.341. The highest BCUT2D eigenvalue weighted by Gasteiger charge is 2.28. The Labute approximate surface area is 142 Å². The predicted molar refractivity (Wildman–Crippen MR) is 97.2 cm³/mol. The molecular formula is C19H23N5. The number of nitrogens with two attached hydrogens (primary N) is 1. The van der Waals surface area contributed by atoms with Gasteiger partial charge in [-0.05, 0) is 30.4 Å². The Balaban J connectivity index is 1.44. The van der Waals surface area contributed by atoms with E-state index in [1.54, 1.807) is 6.33 Å². The van der Waals surface area contributed by atoms with E-state index in [0.29, 0.717) is 12.0 Å². The Morgan fingerprint density at radius 1 is 1.21 bits per heavy atom. The molecule has 0 bridgehead atoms. The lowest BCUT2D eigenvalue weighted by Crippen LogP contribution is -2.35. The van der Waals surface area contributed by atoms with Crippen molar-refractivity contribution in [1.29, 1.82) is 0 Å². The van der Waals surface area contributed by atoms with Crippen molar-refractivity contribution in [2.75, 3.05) is 18.5 Å². The van der Waals surface area contributed by atoms with Crippen molar-refractivity contribution in [1.82, 2.24) is 14.5 Å². The van der Waals surface area contributed by atoms with Gasteiger partial charge in [0.15, 0.2) is 0 Å². The lowest BCUT2D eigenvalue weighted by atomic mass is 9.78. The van der Waals surface area contributed by atoms with E-state index >= 15 is 0 Å². The van der Waals surface area contributed by atoms with E-state index in [4.69, 9.17) is 5.73 Å². The molecule has 1 aromatic carbocycles. The quantitative estimate of drug-likeness (QED) is 0.785. The Morgan fingerprint density at radius 2 is 2.04 bits per heavy atom. The third-order valence-corrected chi connectivity index (χ3v) is 5.01. The standard InChI is InChI=1S/C19H23N5/c1-23(8-9-24-7-6-14-4-2-3-5-18(14)24)19-12-17(21-13-22-19)15-10-16(20)11-15/h2-7,12-13,15-16H,8-11,20H2,1H3. The number of para-hydroxylation sites is 1. The van der Waals surface area contributed by atoms with Crippen LogP contribution in [0.2, 0.25) is 0 Å². The first kappa shape index (κ1) is 15.1. The van der Waals surface area contributed by atoms with Gasteiger partial charge >= 0.3 is 0 Å². The molecule has 1 aliphatic rings. The minimum Gasteiger partial charge on any atom is -0.358 e.